The normalized spacial score (nSPS) is 11.8. The molecular weight excluding hydrogens is 386 g/mol. The smallest absolute Gasteiger partial charge is 0.343 e. The minimum absolute atomic E-state index is 0.171. The standard InChI is InChI=1S/C19H18ClN3O3S/c1-12-16(18(20)23(2)22-12)19(25)26-11-15(24)21-17(14-9-6-10-27-14)13-7-4-3-5-8-13/h3-10,17H,11H2,1-2H3,(H,21,24). The minimum Gasteiger partial charge on any atom is -0.452 e. The Morgan fingerprint density at radius 1 is 1.26 bits per heavy atom. The summed E-state index contributed by atoms with van der Waals surface area (Å²) in [5, 5.41) is 9.11. The lowest BCUT2D eigenvalue weighted by Gasteiger charge is -2.18. The van der Waals surface area contributed by atoms with Crippen LogP contribution in [0.15, 0.2) is 47.8 Å². The number of aryl methyl sites for hydroxylation is 2. The second kappa shape index (κ2) is 8.37. The van der Waals surface area contributed by atoms with Crippen LogP contribution in [0.5, 0.6) is 0 Å². The molecule has 0 fully saturated rings. The number of amides is 1. The number of aromatic nitrogens is 2. The number of hydrogen-bond acceptors (Lipinski definition) is 5. The molecular formula is C19H18ClN3O3S. The maximum Gasteiger partial charge on any atom is 0.343 e. The van der Waals surface area contributed by atoms with Crippen LogP contribution in [0.4, 0.5) is 0 Å². The highest BCUT2D eigenvalue weighted by Gasteiger charge is 2.22. The molecule has 2 heterocycles. The van der Waals surface area contributed by atoms with Crippen molar-refractivity contribution in [2.45, 2.75) is 13.0 Å². The number of nitrogens with one attached hydrogen (secondary N) is 1. The third-order valence-electron chi connectivity index (χ3n) is 3.96. The number of ether oxygens (including phenoxy) is 1. The average Bonchev–Trinajstić information content (AvgIpc) is 3.27. The van der Waals surface area contributed by atoms with E-state index in [4.69, 9.17) is 16.3 Å². The van der Waals surface area contributed by atoms with Gasteiger partial charge in [0.05, 0.1) is 11.7 Å². The van der Waals surface area contributed by atoms with Crippen molar-refractivity contribution in [2.24, 2.45) is 7.05 Å². The summed E-state index contributed by atoms with van der Waals surface area (Å²) in [5.74, 6) is -1.07. The van der Waals surface area contributed by atoms with Gasteiger partial charge in [0.15, 0.2) is 6.61 Å². The summed E-state index contributed by atoms with van der Waals surface area (Å²) < 4.78 is 6.52. The van der Waals surface area contributed by atoms with Gasteiger partial charge in [-0.3, -0.25) is 9.48 Å². The summed E-state index contributed by atoms with van der Waals surface area (Å²) in [4.78, 5) is 25.6. The minimum atomic E-state index is -0.673. The molecule has 0 saturated carbocycles. The Bertz CT molecular complexity index is 939. The van der Waals surface area contributed by atoms with Crippen LogP contribution >= 0.6 is 22.9 Å². The summed E-state index contributed by atoms with van der Waals surface area (Å²) in [6, 6.07) is 13.2. The summed E-state index contributed by atoms with van der Waals surface area (Å²) in [5.41, 5.74) is 1.57. The second-order valence-electron chi connectivity index (χ2n) is 5.88. The first-order valence-electron chi connectivity index (χ1n) is 8.21. The lowest BCUT2D eigenvalue weighted by molar-refractivity contribution is -0.124. The number of carbonyl (C=O) groups is 2. The lowest BCUT2D eigenvalue weighted by Crippen LogP contribution is -2.32. The van der Waals surface area contributed by atoms with E-state index in [2.05, 4.69) is 10.4 Å². The molecule has 8 heteroatoms. The number of rotatable bonds is 6. The molecule has 6 nitrogen and oxygen atoms in total. The van der Waals surface area contributed by atoms with E-state index in [9.17, 15) is 9.59 Å². The summed E-state index contributed by atoms with van der Waals surface area (Å²) in [6.07, 6.45) is 0. The number of esters is 1. The molecule has 0 aliphatic rings. The molecule has 140 valence electrons. The first kappa shape index (κ1) is 19.1. The third kappa shape index (κ3) is 4.37. The van der Waals surface area contributed by atoms with Crippen LogP contribution in [0.2, 0.25) is 5.15 Å². The molecule has 27 heavy (non-hydrogen) atoms. The van der Waals surface area contributed by atoms with Crippen LogP contribution in [-0.2, 0) is 16.6 Å². The van der Waals surface area contributed by atoms with Crippen molar-refractivity contribution < 1.29 is 14.3 Å². The fourth-order valence-corrected chi connectivity index (χ4v) is 3.74. The zero-order valence-corrected chi connectivity index (χ0v) is 16.4. The Hall–Kier alpha value is -2.64. The number of carbonyl (C=O) groups excluding carboxylic acids is 2. The lowest BCUT2D eigenvalue weighted by atomic mass is 10.1. The van der Waals surface area contributed by atoms with Gasteiger partial charge in [0, 0.05) is 11.9 Å². The van der Waals surface area contributed by atoms with E-state index in [1.165, 1.54) is 4.68 Å². The molecule has 3 rings (SSSR count). The SMILES string of the molecule is Cc1nn(C)c(Cl)c1C(=O)OCC(=O)NC(c1ccccc1)c1cccs1. The Kier molecular flexibility index (Phi) is 5.93. The number of nitrogens with zero attached hydrogens (tertiary/aromatic N) is 2. The molecule has 3 aromatic rings. The fourth-order valence-electron chi connectivity index (χ4n) is 2.69. The first-order valence-corrected chi connectivity index (χ1v) is 9.47. The Balaban J connectivity index is 1.67. The van der Waals surface area contributed by atoms with Crippen molar-refractivity contribution in [3.63, 3.8) is 0 Å². The van der Waals surface area contributed by atoms with Crippen molar-refractivity contribution in [2.75, 3.05) is 6.61 Å². The van der Waals surface area contributed by atoms with Gasteiger partial charge in [0.1, 0.15) is 10.7 Å². The molecule has 1 aromatic carbocycles. The molecule has 1 unspecified atom stereocenters. The van der Waals surface area contributed by atoms with Crippen LogP contribution in [0, 0.1) is 6.92 Å². The van der Waals surface area contributed by atoms with E-state index in [0.717, 1.165) is 10.4 Å². The van der Waals surface area contributed by atoms with Gasteiger partial charge < -0.3 is 10.1 Å². The van der Waals surface area contributed by atoms with Gasteiger partial charge in [0.2, 0.25) is 0 Å². The van der Waals surface area contributed by atoms with Gasteiger partial charge in [-0.2, -0.15) is 5.10 Å². The van der Waals surface area contributed by atoms with Crippen molar-refractivity contribution in [1.29, 1.82) is 0 Å². The molecule has 0 bridgehead atoms. The van der Waals surface area contributed by atoms with Crippen LogP contribution in [0.3, 0.4) is 0 Å². The Morgan fingerprint density at radius 3 is 2.59 bits per heavy atom. The molecule has 0 radical (unpaired) electrons. The van der Waals surface area contributed by atoms with Crippen molar-refractivity contribution in [3.8, 4) is 0 Å². The monoisotopic (exact) mass is 403 g/mol. The molecule has 0 spiro atoms. The van der Waals surface area contributed by atoms with Gasteiger partial charge in [-0.1, -0.05) is 48.0 Å². The highest BCUT2D eigenvalue weighted by molar-refractivity contribution is 7.10. The van der Waals surface area contributed by atoms with E-state index >= 15 is 0 Å². The largest absolute Gasteiger partial charge is 0.452 e. The quantitative estimate of drug-likeness (QED) is 0.639. The predicted octanol–water partition coefficient (Wildman–Crippen LogP) is 3.51. The predicted molar refractivity (Wildman–Crippen MR) is 104 cm³/mol. The van der Waals surface area contributed by atoms with Crippen molar-refractivity contribution in [1.82, 2.24) is 15.1 Å². The van der Waals surface area contributed by atoms with Gasteiger partial charge in [-0.05, 0) is 23.9 Å². The van der Waals surface area contributed by atoms with Gasteiger partial charge in [0.25, 0.3) is 5.91 Å². The summed E-state index contributed by atoms with van der Waals surface area (Å²) >= 11 is 7.60. The van der Waals surface area contributed by atoms with E-state index in [0.29, 0.717) is 5.69 Å². The highest BCUT2D eigenvalue weighted by atomic mass is 35.5. The Labute approximate surface area is 165 Å². The molecule has 0 saturated heterocycles. The van der Waals surface area contributed by atoms with Crippen LogP contribution in [-0.4, -0.2) is 28.3 Å². The maximum atomic E-state index is 12.4. The number of halogens is 1. The third-order valence-corrected chi connectivity index (χ3v) is 5.33. The van der Waals surface area contributed by atoms with Gasteiger partial charge >= 0.3 is 5.97 Å². The van der Waals surface area contributed by atoms with E-state index in [-0.39, 0.29) is 16.8 Å². The zero-order chi connectivity index (χ0) is 19.4. The number of thiophene rings is 1. The van der Waals surface area contributed by atoms with Crippen molar-refractivity contribution >= 4 is 34.8 Å². The van der Waals surface area contributed by atoms with E-state index in [1.54, 1.807) is 25.3 Å². The van der Waals surface area contributed by atoms with Crippen LogP contribution in [0.25, 0.3) is 0 Å². The molecule has 1 atom stereocenters. The zero-order valence-electron chi connectivity index (χ0n) is 14.8. The highest BCUT2D eigenvalue weighted by Crippen LogP contribution is 2.26. The van der Waals surface area contributed by atoms with Gasteiger partial charge in [-0.15, -0.1) is 11.3 Å². The molecule has 1 N–H and O–H groups in total. The van der Waals surface area contributed by atoms with Crippen LogP contribution < -0.4 is 5.32 Å². The fraction of sp³-hybridized carbons (Fsp3) is 0.211. The van der Waals surface area contributed by atoms with E-state index < -0.39 is 18.5 Å². The molecule has 0 aliphatic carbocycles. The second-order valence-corrected chi connectivity index (χ2v) is 7.21. The molecule has 0 aliphatic heterocycles. The summed E-state index contributed by atoms with van der Waals surface area (Å²) in [7, 11) is 1.63. The summed E-state index contributed by atoms with van der Waals surface area (Å²) in [6.45, 7) is 1.25. The molecule has 2 aromatic heterocycles. The van der Waals surface area contributed by atoms with Gasteiger partial charge in [-0.25, -0.2) is 4.79 Å². The molecule has 1 amide bonds. The van der Waals surface area contributed by atoms with E-state index in [1.807, 2.05) is 47.8 Å². The first-order chi connectivity index (χ1) is 13.0. The van der Waals surface area contributed by atoms with Crippen molar-refractivity contribution in [3.05, 3.63) is 74.7 Å². The van der Waals surface area contributed by atoms with Crippen LogP contribution in [0.1, 0.15) is 32.5 Å². The maximum absolute atomic E-state index is 12.4. The number of benzene rings is 1. The average molecular weight is 404 g/mol. The Morgan fingerprint density at radius 2 is 2.00 bits per heavy atom. The topological polar surface area (TPSA) is 73.2 Å². The number of hydrogen-bond donors (Lipinski definition) is 1.